The molecular formula is C10H22N2. The van der Waals surface area contributed by atoms with Crippen molar-refractivity contribution in [2.75, 3.05) is 26.2 Å². The summed E-state index contributed by atoms with van der Waals surface area (Å²) in [6, 6.07) is 0. The van der Waals surface area contributed by atoms with Gasteiger partial charge >= 0.3 is 0 Å². The van der Waals surface area contributed by atoms with Gasteiger partial charge in [-0.3, -0.25) is 0 Å². The number of rotatable bonds is 5. The Bertz CT molecular complexity index is 108. The zero-order valence-corrected chi connectivity index (χ0v) is 8.26. The van der Waals surface area contributed by atoms with E-state index in [1.807, 2.05) is 0 Å². The molecule has 1 fully saturated rings. The summed E-state index contributed by atoms with van der Waals surface area (Å²) in [5, 5.41) is 0. The smallest absolute Gasteiger partial charge is 0.000703 e. The first-order chi connectivity index (χ1) is 5.83. The van der Waals surface area contributed by atoms with Gasteiger partial charge < -0.3 is 10.6 Å². The van der Waals surface area contributed by atoms with Crippen LogP contribution in [-0.4, -0.2) is 31.1 Å². The quantitative estimate of drug-likeness (QED) is 0.677. The second-order valence-electron chi connectivity index (χ2n) is 4.04. The summed E-state index contributed by atoms with van der Waals surface area (Å²) < 4.78 is 0. The normalized spacial score (nSPS) is 21.5. The molecule has 0 spiro atoms. The van der Waals surface area contributed by atoms with Crippen molar-refractivity contribution in [3.63, 3.8) is 0 Å². The molecule has 0 saturated carbocycles. The van der Waals surface area contributed by atoms with Crippen molar-refractivity contribution < 1.29 is 0 Å². The van der Waals surface area contributed by atoms with E-state index < -0.39 is 0 Å². The van der Waals surface area contributed by atoms with Gasteiger partial charge in [0.2, 0.25) is 0 Å². The van der Waals surface area contributed by atoms with E-state index >= 15 is 0 Å². The van der Waals surface area contributed by atoms with Gasteiger partial charge in [0.25, 0.3) is 0 Å². The maximum Gasteiger partial charge on any atom is 0.000703 e. The summed E-state index contributed by atoms with van der Waals surface area (Å²) in [5.41, 5.74) is 5.47. The topological polar surface area (TPSA) is 29.3 Å². The molecule has 0 aromatic carbocycles. The SMILES string of the molecule is CC(CCCN)CN1CCCC1. The summed E-state index contributed by atoms with van der Waals surface area (Å²) in [6.45, 7) is 7.14. The number of likely N-dealkylation sites (tertiary alicyclic amines) is 1. The first kappa shape index (κ1) is 10.0. The van der Waals surface area contributed by atoms with Gasteiger partial charge in [-0.1, -0.05) is 6.92 Å². The zero-order valence-electron chi connectivity index (χ0n) is 8.26. The molecule has 0 radical (unpaired) electrons. The Morgan fingerprint density at radius 1 is 1.33 bits per heavy atom. The number of nitrogens with zero attached hydrogens (tertiary/aromatic N) is 1. The van der Waals surface area contributed by atoms with Gasteiger partial charge in [0.1, 0.15) is 0 Å². The Labute approximate surface area is 76.1 Å². The van der Waals surface area contributed by atoms with E-state index in [1.165, 1.54) is 45.3 Å². The van der Waals surface area contributed by atoms with Crippen LogP contribution in [0.1, 0.15) is 32.6 Å². The van der Waals surface area contributed by atoms with Gasteiger partial charge in [0.05, 0.1) is 0 Å². The first-order valence-electron chi connectivity index (χ1n) is 5.25. The molecule has 1 heterocycles. The highest BCUT2D eigenvalue weighted by Gasteiger charge is 2.13. The van der Waals surface area contributed by atoms with Crippen LogP contribution in [0.5, 0.6) is 0 Å². The van der Waals surface area contributed by atoms with Gasteiger partial charge in [-0.05, 0) is 51.2 Å². The Morgan fingerprint density at radius 2 is 2.00 bits per heavy atom. The van der Waals surface area contributed by atoms with Gasteiger partial charge in [0, 0.05) is 6.54 Å². The molecule has 72 valence electrons. The Kier molecular flexibility index (Phi) is 4.62. The van der Waals surface area contributed by atoms with Gasteiger partial charge in [-0.15, -0.1) is 0 Å². The van der Waals surface area contributed by atoms with Gasteiger partial charge in [-0.25, -0.2) is 0 Å². The average Bonchev–Trinajstić information content (AvgIpc) is 2.53. The Hall–Kier alpha value is -0.0800. The van der Waals surface area contributed by atoms with Crippen molar-refractivity contribution in [2.24, 2.45) is 11.7 Å². The lowest BCUT2D eigenvalue weighted by Gasteiger charge is -2.19. The molecule has 1 aliphatic heterocycles. The highest BCUT2D eigenvalue weighted by Crippen LogP contribution is 2.12. The summed E-state index contributed by atoms with van der Waals surface area (Å²) in [4.78, 5) is 2.58. The van der Waals surface area contributed by atoms with E-state index in [0.29, 0.717) is 0 Å². The van der Waals surface area contributed by atoms with Crippen LogP contribution in [0.25, 0.3) is 0 Å². The summed E-state index contributed by atoms with van der Waals surface area (Å²) in [5.74, 6) is 0.839. The van der Waals surface area contributed by atoms with Gasteiger partial charge in [-0.2, -0.15) is 0 Å². The maximum absolute atomic E-state index is 5.47. The molecule has 1 unspecified atom stereocenters. The fraction of sp³-hybridized carbons (Fsp3) is 1.00. The molecule has 2 N–H and O–H groups in total. The predicted octanol–water partition coefficient (Wildman–Crippen LogP) is 1.46. The lowest BCUT2D eigenvalue weighted by atomic mass is 10.1. The van der Waals surface area contributed by atoms with Crippen molar-refractivity contribution in [1.82, 2.24) is 4.90 Å². The van der Waals surface area contributed by atoms with Gasteiger partial charge in [0.15, 0.2) is 0 Å². The Balaban J connectivity index is 2.03. The molecule has 2 heteroatoms. The fourth-order valence-electron chi connectivity index (χ4n) is 1.96. The largest absolute Gasteiger partial charge is 0.330 e. The highest BCUT2D eigenvalue weighted by atomic mass is 15.1. The minimum absolute atomic E-state index is 0.839. The molecule has 0 amide bonds. The van der Waals surface area contributed by atoms with E-state index in [9.17, 15) is 0 Å². The fourth-order valence-corrected chi connectivity index (χ4v) is 1.96. The van der Waals surface area contributed by atoms with Crippen LogP contribution >= 0.6 is 0 Å². The van der Waals surface area contributed by atoms with Crippen LogP contribution in [0.3, 0.4) is 0 Å². The van der Waals surface area contributed by atoms with E-state index in [-0.39, 0.29) is 0 Å². The van der Waals surface area contributed by atoms with Crippen molar-refractivity contribution >= 4 is 0 Å². The van der Waals surface area contributed by atoms with E-state index in [4.69, 9.17) is 5.73 Å². The van der Waals surface area contributed by atoms with Crippen LogP contribution in [0.15, 0.2) is 0 Å². The minimum Gasteiger partial charge on any atom is -0.330 e. The average molecular weight is 170 g/mol. The van der Waals surface area contributed by atoms with Crippen LogP contribution in [0.2, 0.25) is 0 Å². The number of nitrogens with two attached hydrogens (primary N) is 1. The van der Waals surface area contributed by atoms with E-state index in [1.54, 1.807) is 0 Å². The minimum atomic E-state index is 0.839. The van der Waals surface area contributed by atoms with Crippen LogP contribution in [-0.2, 0) is 0 Å². The van der Waals surface area contributed by atoms with Crippen LogP contribution in [0.4, 0.5) is 0 Å². The molecule has 0 aromatic heterocycles. The van der Waals surface area contributed by atoms with Crippen LogP contribution < -0.4 is 5.73 Å². The van der Waals surface area contributed by atoms with E-state index in [2.05, 4.69) is 11.8 Å². The summed E-state index contributed by atoms with van der Waals surface area (Å²) >= 11 is 0. The first-order valence-corrected chi connectivity index (χ1v) is 5.25. The van der Waals surface area contributed by atoms with Crippen molar-refractivity contribution in [1.29, 1.82) is 0 Å². The lowest BCUT2D eigenvalue weighted by Crippen LogP contribution is -2.25. The van der Waals surface area contributed by atoms with Crippen molar-refractivity contribution in [2.45, 2.75) is 32.6 Å². The molecule has 0 aliphatic carbocycles. The number of hydrogen-bond acceptors (Lipinski definition) is 2. The molecule has 0 aromatic rings. The number of hydrogen-bond donors (Lipinski definition) is 1. The second-order valence-corrected chi connectivity index (χ2v) is 4.04. The third kappa shape index (κ3) is 3.55. The maximum atomic E-state index is 5.47. The van der Waals surface area contributed by atoms with Crippen LogP contribution in [0, 0.1) is 5.92 Å². The standard InChI is InChI=1S/C10H22N2/c1-10(5-4-6-11)9-12-7-2-3-8-12/h10H,2-9,11H2,1H3. The highest BCUT2D eigenvalue weighted by molar-refractivity contribution is 4.68. The zero-order chi connectivity index (χ0) is 8.81. The monoisotopic (exact) mass is 170 g/mol. The Morgan fingerprint density at radius 3 is 2.58 bits per heavy atom. The molecule has 1 saturated heterocycles. The molecule has 1 rings (SSSR count). The molecule has 1 atom stereocenters. The van der Waals surface area contributed by atoms with E-state index in [0.717, 1.165) is 12.5 Å². The molecule has 0 bridgehead atoms. The van der Waals surface area contributed by atoms with Crippen molar-refractivity contribution in [3.8, 4) is 0 Å². The third-order valence-electron chi connectivity index (χ3n) is 2.67. The third-order valence-corrected chi connectivity index (χ3v) is 2.67. The van der Waals surface area contributed by atoms with Crippen molar-refractivity contribution in [3.05, 3.63) is 0 Å². The molecular weight excluding hydrogens is 148 g/mol. The lowest BCUT2D eigenvalue weighted by molar-refractivity contribution is 0.278. The summed E-state index contributed by atoms with van der Waals surface area (Å²) in [7, 11) is 0. The molecule has 1 aliphatic rings. The summed E-state index contributed by atoms with van der Waals surface area (Å²) in [6.07, 6.45) is 5.30. The molecule has 12 heavy (non-hydrogen) atoms. The molecule has 2 nitrogen and oxygen atoms in total. The predicted molar refractivity (Wildman–Crippen MR) is 53.1 cm³/mol. The second kappa shape index (κ2) is 5.55.